The fourth-order valence-electron chi connectivity index (χ4n) is 3.57. The van der Waals surface area contributed by atoms with E-state index in [0.717, 1.165) is 17.7 Å². The molecule has 0 aliphatic carbocycles. The van der Waals surface area contributed by atoms with Crippen LogP contribution in [0.5, 0.6) is 0 Å². The van der Waals surface area contributed by atoms with Gasteiger partial charge in [-0.1, -0.05) is 29.8 Å². The van der Waals surface area contributed by atoms with Gasteiger partial charge in [-0.05, 0) is 60.0 Å². The maximum absolute atomic E-state index is 13.0. The first kappa shape index (κ1) is 20.2. The van der Waals surface area contributed by atoms with Crippen molar-refractivity contribution in [2.24, 2.45) is 0 Å². The largest absolute Gasteiger partial charge is 0.416 e. The molecule has 0 fully saturated rings. The van der Waals surface area contributed by atoms with Crippen LogP contribution in [0.1, 0.15) is 28.4 Å². The number of alkyl halides is 3. The summed E-state index contributed by atoms with van der Waals surface area (Å²) >= 11 is 5.89. The molecule has 1 N–H and O–H groups in total. The van der Waals surface area contributed by atoms with E-state index in [2.05, 4.69) is 10.3 Å². The number of aromatic nitrogens is 1. The monoisotopic (exact) mass is 431 g/mol. The molecule has 8 heteroatoms. The maximum Gasteiger partial charge on any atom is 0.416 e. The lowest BCUT2D eigenvalue weighted by molar-refractivity contribution is -0.137. The van der Waals surface area contributed by atoms with Crippen LogP contribution in [-0.4, -0.2) is 22.5 Å². The van der Waals surface area contributed by atoms with E-state index in [4.69, 9.17) is 11.6 Å². The Hall–Kier alpha value is -3.06. The van der Waals surface area contributed by atoms with Gasteiger partial charge >= 0.3 is 12.2 Å². The highest BCUT2D eigenvalue weighted by molar-refractivity contribution is 6.30. The average Bonchev–Trinajstić information content (AvgIpc) is 2.74. The molecule has 1 aromatic heterocycles. The first-order chi connectivity index (χ1) is 14.3. The highest BCUT2D eigenvalue weighted by Gasteiger charge is 2.35. The maximum atomic E-state index is 13.0. The van der Waals surface area contributed by atoms with Crippen LogP contribution in [0.25, 0.3) is 0 Å². The molecule has 1 unspecified atom stereocenters. The predicted octanol–water partition coefficient (Wildman–Crippen LogP) is 5.93. The number of benzene rings is 2. The molecular formula is C22H17ClF3N3O. The van der Waals surface area contributed by atoms with Gasteiger partial charge in [0, 0.05) is 23.5 Å². The van der Waals surface area contributed by atoms with Crippen LogP contribution in [0, 0.1) is 0 Å². The first-order valence-corrected chi connectivity index (χ1v) is 9.65. The van der Waals surface area contributed by atoms with Crippen molar-refractivity contribution in [1.29, 1.82) is 0 Å². The van der Waals surface area contributed by atoms with Crippen LogP contribution in [-0.2, 0) is 12.6 Å². The number of pyridine rings is 1. The van der Waals surface area contributed by atoms with Gasteiger partial charge in [0.25, 0.3) is 0 Å². The van der Waals surface area contributed by atoms with E-state index in [0.29, 0.717) is 34.9 Å². The quantitative estimate of drug-likeness (QED) is 0.546. The van der Waals surface area contributed by atoms with E-state index in [9.17, 15) is 18.0 Å². The summed E-state index contributed by atoms with van der Waals surface area (Å²) in [6.07, 6.45) is -2.20. The van der Waals surface area contributed by atoms with E-state index >= 15 is 0 Å². The summed E-state index contributed by atoms with van der Waals surface area (Å²) in [4.78, 5) is 19.1. The molecule has 2 amide bonds. The van der Waals surface area contributed by atoms with E-state index < -0.39 is 17.8 Å². The summed E-state index contributed by atoms with van der Waals surface area (Å²) in [5.41, 5.74) is 2.03. The van der Waals surface area contributed by atoms with Gasteiger partial charge in [0.05, 0.1) is 11.3 Å². The Balaban J connectivity index is 1.68. The molecule has 4 rings (SSSR count). The van der Waals surface area contributed by atoms with Crippen LogP contribution in [0.3, 0.4) is 0 Å². The number of carbonyl (C=O) groups is 1. The van der Waals surface area contributed by atoms with Gasteiger partial charge < -0.3 is 10.2 Å². The SMILES string of the molecule is O=C(Nc1ccc(Cl)cc1)N1CCc2cccnc2C1c1ccc(C(F)(F)F)cc1. The Morgan fingerprint density at radius 2 is 1.77 bits per heavy atom. The Morgan fingerprint density at radius 3 is 2.43 bits per heavy atom. The number of hydrogen-bond acceptors (Lipinski definition) is 2. The number of urea groups is 1. The van der Waals surface area contributed by atoms with E-state index in [1.165, 1.54) is 12.1 Å². The number of hydrogen-bond donors (Lipinski definition) is 1. The molecule has 2 heterocycles. The number of nitrogens with zero attached hydrogens (tertiary/aromatic N) is 2. The Bertz CT molecular complexity index is 1050. The molecule has 0 saturated heterocycles. The molecule has 1 atom stereocenters. The lowest BCUT2D eigenvalue weighted by atomic mass is 9.92. The van der Waals surface area contributed by atoms with Gasteiger partial charge in [0.2, 0.25) is 0 Å². The zero-order valence-corrected chi connectivity index (χ0v) is 16.4. The van der Waals surface area contributed by atoms with E-state index in [-0.39, 0.29) is 6.03 Å². The lowest BCUT2D eigenvalue weighted by Crippen LogP contribution is -2.43. The molecule has 1 aliphatic heterocycles. The molecule has 0 spiro atoms. The highest BCUT2D eigenvalue weighted by atomic mass is 35.5. The molecule has 0 bridgehead atoms. The van der Waals surface area contributed by atoms with Gasteiger partial charge in [-0.3, -0.25) is 4.98 Å². The second kappa shape index (κ2) is 7.99. The normalized spacial score (nSPS) is 16.1. The van der Waals surface area contributed by atoms with Crippen molar-refractivity contribution < 1.29 is 18.0 Å². The van der Waals surface area contributed by atoms with Gasteiger partial charge in [0.1, 0.15) is 6.04 Å². The number of anilines is 1. The van der Waals surface area contributed by atoms with Crippen LogP contribution in [0.2, 0.25) is 5.02 Å². The van der Waals surface area contributed by atoms with Crippen LogP contribution in [0.4, 0.5) is 23.7 Å². The number of amides is 2. The van der Waals surface area contributed by atoms with Crippen molar-refractivity contribution in [3.8, 4) is 0 Å². The Labute approximate surface area is 176 Å². The second-order valence-electron chi connectivity index (χ2n) is 6.95. The van der Waals surface area contributed by atoms with Gasteiger partial charge in [-0.15, -0.1) is 0 Å². The number of carbonyl (C=O) groups excluding carboxylic acids is 1. The summed E-state index contributed by atoms with van der Waals surface area (Å²) in [6.45, 7) is 0.407. The molecule has 2 aromatic carbocycles. The molecule has 30 heavy (non-hydrogen) atoms. The molecule has 0 radical (unpaired) electrons. The van der Waals surface area contributed by atoms with Crippen LogP contribution in [0.15, 0.2) is 66.9 Å². The molecule has 4 nitrogen and oxygen atoms in total. The van der Waals surface area contributed by atoms with Gasteiger partial charge in [-0.25, -0.2) is 4.79 Å². The average molecular weight is 432 g/mol. The molecule has 0 saturated carbocycles. The Kier molecular flexibility index (Phi) is 5.39. The fraction of sp³-hybridized carbons (Fsp3) is 0.182. The minimum atomic E-state index is -4.42. The second-order valence-corrected chi connectivity index (χ2v) is 7.39. The number of halogens is 4. The molecule has 1 aliphatic rings. The van der Waals surface area contributed by atoms with E-state index in [1.807, 2.05) is 12.1 Å². The van der Waals surface area contributed by atoms with Crippen molar-refractivity contribution in [3.05, 3.63) is 94.3 Å². The van der Waals surface area contributed by atoms with Crippen molar-refractivity contribution in [2.45, 2.75) is 18.6 Å². The zero-order chi connectivity index (χ0) is 21.3. The lowest BCUT2D eigenvalue weighted by Gasteiger charge is -2.36. The first-order valence-electron chi connectivity index (χ1n) is 9.27. The van der Waals surface area contributed by atoms with Crippen molar-refractivity contribution in [3.63, 3.8) is 0 Å². The minimum absolute atomic E-state index is 0.362. The van der Waals surface area contributed by atoms with E-state index in [1.54, 1.807) is 35.4 Å². The highest BCUT2D eigenvalue weighted by Crippen LogP contribution is 2.36. The smallest absolute Gasteiger partial charge is 0.311 e. The summed E-state index contributed by atoms with van der Waals surface area (Å²) in [6, 6.07) is 14.3. The number of fused-ring (bicyclic) bond motifs is 1. The zero-order valence-electron chi connectivity index (χ0n) is 15.7. The third-order valence-electron chi connectivity index (χ3n) is 5.03. The Morgan fingerprint density at radius 1 is 1.07 bits per heavy atom. The summed E-state index contributed by atoms with van der Waals surface area (Å²) < 4.78 is 38.9. The standard InChI is InChI=1S/C22H17ClF3N3O/c23-17-7-9-18(10-8-17)28-21(30)29-13-11-14-2-1-12-27-19(14)20(29)15-3-5-16(6-4-15)22(24,25)26/h1-10,12,20H,11,13H2,(H,28,30). The predicted molar refractivity (Wildman–Crippen MR) is 108 cm³/mol. The van der Waals surface area contributed by atoms with Crippen LogP contribution >= 0.6 is 11.6 Å². The van der Waals surface area contributed by atoms with Gasteiger partial charge in [-0.2, -0.15) is 13.2 Å². The van der Waals surface area contributed by atoms with Crippen LogP contribution < -0.4 is 5.32 Å². The fourth-order valence-corrected chi connectivity index (χ4v) is 3.69. The van der Waals surface area contributed by atoms with Gasteiger partial charge in [0.15, 0.2) is 0 Å². The number of rotatable bonds is 2. The van der Waals surface area contributed by atoms with Crippen molar-refractivity contribution in [1.82, 2.24) is 9.88 Å². The topological polar surface area (TPSA) is 45.2 Å². The molecular weight excluding hydrogens is 415 g/mol. The van der Waals surface area contributed by atoms with Crippen molar-refractivity contribution in [2.75, 3.05) is 11.9 Å². The summed E-state index contributed by atoms with van der Waals surface area (Å²) in [7, 11) is 0. The van der Waals surface area contributed by atoms with Crippen molar-refractivity contribution >= 4 is 23.3 Å². The number of nitrogens with one attached hydrogen (secondary N) is 1. The third kappa shape index (κ3) is 4.11. The third-order valence-corrected chi connectivity index (χ3v) is 5.28. The molecule has 154 valence electrons. The molecule has 3 aromatic rings. The minimum Gasteiger partial charge on any atom is -0.311 e. The summed E-state index contributed by atoms with van der Waals surface area (Å²) in [5.74, 6) is 0. The summed E-state index contributed by atoms with van der Waals surface area (Å²) in [5, 5.41) is 3.37.